The van der Waals surface area contributed by atoms with Gasteiger partial charge in [0.1, 0.15) is 6.10 Å². The van der Waals surface area contributed by atoms with Gasteiger partial charge in [-0.1, -0.05) is 25.0 Å². The molecule has 2 rings (SSSR count). The quantitative estimate of drug-likeness (QED) is 0.826. The fourth-order valence-electron chi connectivity index (χ4n) is 2.33. The predicted molar refractivity (Wildman–Crippen MR) is 71.6 cm³/mol. The van der Waals surface area contributed by atoms with Gasteiger partial charge in [-0.2, -0.15) is 0 Å². The van der Waals surface area contributed by atoms with Crippen LogP contribution in [-0.4, -0.2) is 27.1 Å². The Bertz CT molecular complexity index is 424. The number of carbonyl (C=O) groups is 1. The number of nitrogens with zero attached hydrogens (tertiary/aromatic N) is 3. The van der Waals surface area contributed by atoms with E-state index in [0.717, 1.165) is 38.5 Å². The molecule has 6 heteroatoms. The number of aryl methyl sites for hydroxylation is 1. The van der Waals surface area contributed by atoms with E-state index in [2.05, 4.69) is 17.2 Å². The average molecular weight is 266 g/mol. The standard InChI is InChI=1S/C13H22N4O2/c1-2-3-9-17-12(14)11(15-16-17)13(18)19-10-7-5-4-6-8-10/h10H,2-9,14H2,1H3. The third kappa shape index (κ3) is 3.45. The van der Waals surface area contributed by atoms with Crippen LogP contribution >= 0.6 is 0 Å². The van der Waals surface area contributed by atoms with E-state index in [1.165, 1.54) is 6.42 Å². The maximum absolute atomic E-state index is 12.0. The molecule has 1 aliphatic rings. The Hall–Kier alpha value is -1.59. The molecule has 0 aromatic carbocycles. The third-order valence-electron chi connectivity index (χ3n) is 3.52. The van der Waals surface area contributed by atoms with Crippen molar-refractivity contribution in [2.75, 3.05) is 5.73 Å². The van der Waals surface area contributed by atoms with Gasteiger partial charge in [0.2, 0.25) is 5.69 Å². The number of anilines is 1. The molecule has 1 heterocycles. The van der Waals surface area contributed by atoms with Crippen molar-refractivity contribution in [2.45, 2.75) is 64.5 Å². The van der Waals surface area contributed by atoms with Gasteiger partial charge >= 0.3 is 5.97 Å². The molecule has 0 unspecified atom stereocenters. The summed E-state index contributed by atoms with van der Waals surface area (Å²) in [7, 11) is 0. The van der Waals surface area contributed by atoms with Gasteiger partial charge in [-0.3, -0.25) is 0 Å². The number of rotatable bonds is 5. The van der Waals surface area contributed by atoms with Crippen LogP contribution in [0.3, 0.4) is 0 Å². The van der Waals surface area contributed by atoms with Crippen molar-refractivity contribution < 1.29 is 9.53 Å². The van der Waals surface area contributed by atoms with Gasteiger partial charge in [-0.15, -0.1) is 5.10 Å². The molecule has 6 nitrogen and oxygen atoms in total. The first-order valence-corrected chi connectivity index (χ1v) is 7.12. The Morgan fingerprint density at radius 3 is 2.84 bits per heavy atom. The van der Waals surface area contributed by atoms with Crippen LogP contribution in [-0.2, 0) is 11.3 Å². The average Bonchev–Trinajstić information content (AvgIpc) is 2.79. The number of esters is 1. The first-order chi connectivity index (χ1) is 9.22. The molecule has 1 aromatic heterocycles. The van der Waals surface area contributed by atoms with Gasteiger partial charge in [0, 0.05) is 6.54 Å². The minimum atomic E-state index is -0.438. The fourth-order valence-corrected chi connectivity index (χ4v) is 2.33. The summed E-state index contributed by atoms with van der Waals surface area (Å²) in [6.45, 7) is 2.78. The maximum atomic E-state index is 12.0. The molecule has 0 bridgehead atoms. The largest absolute Gasteiger partial charge is 0.458 e. The highest BCUT2D eigenvalue weighted by atomic mass is 16.5. The number of unbranched alkanes of at least 4 members (excludes halogenated alkanes) is 1. The summed E-state index contributed by atoms with van der Waals surface area (Å²) in [4.78, 5) is 12.0. The molecule has 106 valence electrons. The molecule has 1 saturated carbocycles. The van der Waals surface area contributed by atoms with Crippen LogP contribution in [0.1, 0.15) is 62.4 Å². The number of nitrogen functional groups attached to an aromatic ring is 1. The van der Waals surface area contributed by atoms with E-state index in [0.29, 0.717) is 12.4 Å². The monoisotopic (exact) mass is 266 g/mol. The summed E-state index contributed by atoms with van der Waals surface area (Å²) in [5.74, 6) is -0.124. The summed E-state index contributed by atoms with van der Waals surface area (Å²) in [5, 5.41) is 7.76. The lowest BCUT2D eigenvalue weighted by Crippen LogP contribution is -2.22. The van der Waals surface area contributed by atoms with Crippen LogP contribution < -0.4 is 5.73 Å². The SMILES string of the molecule is CCCCn1nnc(C(=O)OC2CCCCC2)c1N. The van der Waals surface area contributed by atoms with Gasteiger partial charge in [0.25, 0.3) is 0 Å². The number of hydrogen-bond donors (Lipinski definition) is 1. The summed E-state index contributed by atoms with van der Waals surface area (Å²) in [6, 6.07) is 0. The van der Waals surface area contributed by atoms with E-state index >= 15 is 0 Å². The molecule has 0 atom stereocenters. The third-order valence-corrected chi connectivity index (χ3v) is 3.52. The van der Waals surface area contributed by atoms with Crippen LogP contribution in [0.4, 0.5) is 5.82 Å². The summed E-state index contributed by atoms with van der Waals surface area (Å²) in [5.41, 5.74) is 6.04. The van der Waals surface area contributed by atoms with Gasteiger partial charge in [-0.05, 0) is 32.1 Å². The van der Waals surface area contributed by atoms with Crippen molar-refractivity contribution in [1.82, 2.24) is 15.0 Å². The number of aromatic nitrogens is 3. The Balaban J connectivity index is 1.96. The van der Waals surface area contributed by atoms with Crippen LogP contribution in [0, 0.1) is 0 Å². The lowest BCUT2D eigenvalue weighted by atomic mass is 9.98. The van der Waals surface area contributed by atoms with Crippen molar-refractivity contribution >= 4 is 11.8 Å². The Morgan fingerprint density at radius 2 is 2.16 bits per heavy atom. The molecule has 1 aliphatic carbocycles. The zero-order valence-corrected chi connectivity index (χ0v) is 11.5. The van der Waals surface area contributed by atoms with Crippen LogP contribution in [0.15, 0.2) is 0 Å². The molecule has 0 saturated heterocycles. The molecule has 0 spiro atoms. The van der Waals surface area contributed by atoms with E-state index in [-0.39, 0.29) is 11.8 Å². The zero-order valence-electron chi connectivity index (χ0n) is 11.5. The number of nitrogens with two attached hydrogens (primary N) is 1. The van der Waals surface area contributed by atoms with Crippen LogP contribution in [0.2, 0.25) is 0 Å². The maximum Gasteiger partial charge on any atom is 0.363 e. The van der Waals surface area contributed by atoms with Crippen LogP contribution in [0.25, 0.3) is 0 Å². The first-order valence-electron chi connectivity index (χ1n) is 7.12. The smallest absolute Gasteiger partial charge is 0.363 e. The number of hydrogen-bond acceptors (Lipinski definition) is 5. The van der Waals surface area contributed by atoms with Gasteiger partial charge in [-0.25, -0.2) is 9.48 Å². The summed E-state index contributed by atoms with van der Waals surface area (Å²) in [6.07, 6.45) is 7.37. The molecule has 1 aromatic rings. The Kier molecular flexibility index (Phi) is 4.76. The molecule has 1 fully saturated rings. The van der Waals surface area contributed by atoms with E-state index in [9.17, 15) is 4.79 Å². The number of ether oxygens (including phenoxy) is 1. The molecule has 0 amide bonds. The molecular formula is C13H22N4O2. The lowest BCUT2D eigenvalue weighted by Gasteiger charge is -2.21. The molecule has 0 aliphatic heterocycles. The molecule has 2 N–H and O–H groups in total. The van der Waals surface area contributed by atoms with Crippen LogP contribution in [0.5, 0.6) is 0 Å². The van der Waals surface area contributed by atoms with Crippen molar-refractivity contribution in [3.05, 3.63) is 5.69 Å². The fraction of sp³-hybridized carbons (Fsp3) is 0.769. The van der Waals surface area contributed by atoms with Crippen molar-refractivity contribution in [2.24, 2.45) is 0 Å². The minimum absolute atomic E-state index is 0.0152. The highest BCUT2D eigenvalue weighted by Crippen LogP contribution is 2.22. The minimum Gasteiger partial charge on any atom is -0.458 e. The Morgan fingerprint density at radius 1 is 1.42 bits per heavy atom. The van der Waals surface area contributed by atoms with Gasteiger partial charge in [0.05, 0.1) is 0 Å². The predicted octanol–water partition coefficient (Wildman–Crippen LogP) is 2.15. The second-order valence-electron chi connectivity index (χ2n) is 5.07. The summed E-state index contributed by atoms with van der Waals surface area (Å²) >= 11 is 0. The lowest BCUT2D eigenvalue weighted by molar-refractivity contribution is 0.0205. The van der Waals surface area contributed by atoms with E-state index in [1.54, 1.807) is 4.68 Å². The van der Waals surface area contributed by atoms with Crippen molar-refractivity contribution in [3.8, 4) is 0 Å². The first kappa shape index (κ1) is 13.8. The van der Waals surface area contributed by atoms with E-state index in [1.807, 2.05) is 0 Å². The van der Waals surface area contributed by atoms with E-state index < -0.39 is 5.97 Å². The summed E-state index contributed by atoms with van der Waals surface area (Å²) < 4.78 is 7.01. The molecule has 0 radical (unpaired) electrons. The highest BCUT2D eigenvalue weighted by Gasteiger charge is 2.23. The normalized spacial score (nSPS) is 16.5. The topological polar surface area (TPSA) is 83.0 Å². The molecule has 19 heavy (non-hydrogen) atoms. The van der Waals surface area contributed by atoms with Gasteiger partial charge in [0.15, 0.2) is 5.82 Å². The highest BCUT2D eigenvalue weighted by molar-refractivity contribution is 5.91. The van der Waals surface area contributed by atoms with Gasteiger partial charge < -0.3 is 10.5 Å². The molecular weight excluding hydrogens is 244 g/mol. The zero-order chi connectivity index (χ0) is 13.7. The van der Waals surface area contributed by atoms with Crippen molar-refractivity contribution in [1.29, 1.82) is 0 Å². The Labute approximate surface area is 113 Å². The van der Waals surface area contributed by atoms with Crippen molar-refractivity contribution in [3.63, 3.8) is 0 Å². The number of carbonyl (C=O) groups excluding carboxylic acids is 1. The van der Waals surface area contributed by atoms with E-state index in [4.69, 9.17) is 10.5 Å². The second kappa shape index (κ2) is 6.54. The second-order valence-corrected chi connectivity index (χ2v) is 5.07.